The molecule has 0 spiro atoms. The Labute approximate surface area is 156 Å². The zero-order chi connectivity index (χ0) is 19.1. The summed E-state index contributed by atoms with van der Waals surface area (Å²) < 4.78 is 0. The summed E-state index contributed by atoms with van der Waals surface area (Å²) in [6.07, 6.45) is 1.85. The first-order chi connectivity index (χ1) is 12.5. The first kappa shape index (κ1) is 19.8. The highest BCUT2D eigenvalue weighted by molar-refractivity contribution is 6.38. The van der Waals surface area contributed by atoms with Gasteiger partial charge in [-0.1, -0.05) is 17.7 Å². The number of carbonyl (C=O) groups is 1. The van der Waals surface area contributed by atoms with E-state index in [0.29, 0.717) is 23.8 Å². The highest BCUT2D eigenvalue weighted by Gasteiger charge is 2.23. The fourth-order valence-electron chi connectivity index (χ4n) is 3.09. The topological polar surface area (TPSA) is 69.1 Å². The van der Waals surface area contributed by atoms with Gasteiger partial charge in [0.1, 0.15) is 5.71 Å². The Bertz CT molecular complexity index is 736. The van der Waals surface area contributed by atoms with Gasteiger partial charge in [0.15, 0.2) is 5.82 Å². The van der Waals surface area contributed by atoms with E-state index in [4.69, 9.17) is 0 Å². The summed E-state index contributed by atoms with van der Waals surface area (Å²) in [6.45, 7) is 11.7. The summed E-state index contributed by atoms with van der Waals surface area (Å²) >= 11 is 0. The average molecular weight is 355 g/mol. The molecule has 0 bridgehead atoms. The van der Waals surface area contributed by atoms with Crippen molar-refractivity contribution in [3.63, 3.8) is 0 Å². The Kier molecular flexibility index (Phi) is 7.09. The number of fused-ring (bicyclic) bond motifs is 1. The maximum Gasteiger partial charge on any atom is 0.265 e. The third kappa shape index (κ3) is 4.79. The largest absolute Gasteiger partial charge is 0.351 e. The van der Waals surface area contributed by atoms with Crippen molar-refractivity contribution in [2.24, 2.45) is 9.98 Å². The zero-order valence-corrected chi connectivity index (χ0v) is 16.2. The molecular formula is C20H29N5O. The van der Waals surface area contributed by atoms with Crippen LogP contribution in [-0.2, 0) is 11.2 Å². The van der Waals surface area contributed by atoms with Crippen LogP contribution in [0.25, 0.3) is 0 Å². The van der Waals surface area contributed by atoms with Crippen molar-refractivity contribution in [2.45, 2.75) is 33.6 Å². The molecule has 2 N–H and O–H groups in total. The molecule has 0 unspecified atom stereocenters. The number of benzene rings is 1. The minimum atomic E-state index is -0.152. The average Bonchev–Trinajstić information content (AvgIpc) is 3.02. The van der Waals surface area contributed by atoms with Crippen molar-refractivity contribution >= 4 is 24.0 Å². The van der Waals surface area contributed by atoms with E-state index in [0.717, 1.165) is 31.6 Å². The monoisotopic (exact) mass is 355 g/mol. The fraction of sp³-hybridized carbons (Fsp3) is 0.450. The number of nitrogens with one attached hydrogen (secondary N) is 2. The Hall–Kier alpha value is -2.47. The molecule has 0 aliphatic carbocycles. The molecule has 0 atom stereocenters. The van der Waals surface area contributed by atoms with E-state index in [1.165, 1.54) is 11.1 Å². The molecule has 6 heteroatoms. The number of nitrogens with zero attached hydrogens (tertiary/aromatic N) is 3. The van der Waals surface area contributed by atoms with Gasteiger partial charge < -0.3 is 15.5 Å². The van der Waals surface area contributed by atoms with E-state index in [1.54, 1.807) is 6.92 Å². The molecule has 0 aromatic heterocycles. The van der Waals surface area contributed by atoms with Crippen LogP contribution in [0.2, 0.25) is 0 Å². The third-order valence-electron chi connectivity index (χ3n) is 4.41. The van der Waals surface area contributed by atoms with Crippen molar-refractivity contribution in [3.8, 4) is 0 Å². The van der Waals surface area contributed by atoms with Crippen molar-refractivity contribution in [2.75, 3.05) is 31.6 Å². The quantitative estimate of drug-likeness (QED) is 0.556. The number of aliphatic imine (C=N–C) groups is 2. The maximum absolute atomic E-state index is 12.2. The van der Waals surface area contributed by atoms with Crippen LogP contribution in [0.3, 0.4) is 0 Å². The summed E-state index contributed by atoms with van der Waals surface area (Å²) in [7, 11) is 1.89. The van der Waals surface area contributed by atoms with Crippen LogP contribution in [0.4, 0.5) is 5.69 Å². The van der Waals surface area contributed by atoms with Gasteiger partial charge in [-0.3, -0.25) is 4.79 Å². The number of anilines is 1. The Morgan fingerprint density at radius 2 is 2.08 bits per heavy atom. The molecule has 26 heavy (non-hydrogen) atoms. The van der Waals surface area contributed by atoms with Crippen LogP contribution in [-0.4, -0.2) is 45.0 Å². The number of allylic oxidation sites excluding steroid dienone is 1. The molecule has 1 amide bonds. The van der Waals surface area contributed by atoms with Crippen LogP contribution in [0.5, 0.6) is 0 Å². The number of aryl methyl sites for hydroxylation is 1. The number of hydrogen-bond acceptors (Lipinski definition) is 5. The van der Waals surface area contributed by atoms with Gasteiger partial charge in [-0.15, -0.1) is 0 Å². The standard InChI is InChI=1S/C20H29N5O/c1-14-7-8-18-17(13-14)9-12-25(18)19(22-5)15(2)24-16(3)20(26)23-11-6-10-21-4/h7-8,13,21H,5-6,9-12H2,1-4H3,(H,23,26)/b19-15-,24-16+. The van der Waals surface area contributed by atoms with Gasteiger partial charge >= 0.3 is 0 Å². The highest BCUT2D eigenvalue weighted by atomic mass is 16.1. The molecule has 1 aromatic rings. The maximum atomic E-state index is 12.2. The molecular weight excluding hydrogens is 326 g/mol. The van der Waals surface area contributed by atoms with Gasteiger partial charge in [0, 0.05) is 18.8 Å². The predicted octanol–water partition coefficient (Wildman–Crippen LogP) is 2.43. The van der Waals surface area contributed by atoms with E-state index in [-0.39, 0.29) is 5.91 Å². The van der Waals surface area contributed by atoms with E-state index in [1.807, 2.05) is 14.0 Å². The summed E-state index contributed by atoms with van der Waals surface area (Å²) in [5.41, 5.74) is 4.82. The first-order valence-corrected chi connectivity index (χ1v) is 9.00. The molecule has 1 aliphatic rings. The summed E-state index contributed by atoms with van der Waals surface area (Å²) in [6, 6.07) is 6.42. The van der Waals surface area contributed by atoms with Gasteiger partial charge in [-0.2, -0.15) is 0 Å². The van der Waals surface area contributed by atoms with Crippen LogP contribution in [0, 0.1) is 6.92 Å². The van der Waals surface area contributed by atoms with Crippen LogP contribution in [0.15, 0.2) is 39.7 Å². The Morgan fingerprint density at radius 1 is 1.31 bits per heavy atom. The molecule has 1 aromatic carbocycles. The summed E-state index contributed by atoms with van der Waals surface area (Å²) in [4.78, 5) is 23.0. The normalized spacial score (nSPS) is 14.8. The van der Waals surface area contributed by atoms with Crippen molar-refractivity contribution in [1.82, 2.24) is 10.6 Å². The lowest BCUT2D eigenvalue weighted by Crippen LogP contribution is -2.31. The molecule has 1 heterocycles. The van der Waals surface area contributed by atoms with E-state index < -0.39 is 0 Å². The van der Waals surface area contributed by atoms with Gasteiger partial charge in [0.2, 0.25) is 0 Å². The van der Waals surface area contributed by atoms with Crippen molar-refractivity contribution in [1.29, 1.82) is 0 Å². The lowest BCUT2D eigenvalue weighted by molar-refractivity contribution is -0.114. The van der Waals surface area contributed by atoms with Crippen LogP contribution < -0.4 is 15.5 Å². The van der Waals surface area contributed by atoms with E-state index >= 15 is 0 Å². The van der Waals surface area contributed by atoms with E-state index in [9.17, 15) is 4.79 Å². The van der Waals surface area contributed by atoms with Gasteiger partial charge in [-0.25, -0.2) is 9.98 Å². The summed E-state index contributed by atoms with van der Waals surface area (Å²) in [5.74, 6) is 0.552. The Morgan fingerprint density at radius 3 is 2.77 bits per heavy atom. The lowest BCUT2D eigenvalue weighted by Gasteiger charge is -2.21. The fourth-order valence-corrected chi connectivity index (χ4v) is 3.09. The highest BCUT2D eigenvalue weighted by Crippen LogP contribution is 2.33. The lowest BCUT2D eigenvalue weighted by atomic mass is 10.1. The van der Waals surface area contributed by atoms with Crippen molar-refractivity contribution < 1.29 is 4.79 Å². The molecule has 2 rings (SSSR count). The zero-order valence-electron chi connectivity index (χ0n) is 16.2. The van der Waals surface area contributed by atoms with Crippen LogP contribution in [0.1, 0.15) is 31.4 Å². The van der Waals surface area contributed by atoms with Crippen LogP contribution >= 0.6 is 0 Å². The second kappa shape index (κ2) is 9.29. The van der Waals surface area contributed by atoms with Gasteiger partial charge in [0.05, 0.1) is 5.70 Å². The minimum absolute atomic E-state index is 0.152. The molecule has 0 radical (unpaired) electrons. The number of amides is 1. The van der Waals surface area contributed by atoms with Gasteiger partial charge in [0.25, 0.3) is 5.91 Å². The first-order valence-electron chi connectivity index (χ1n) is 9.00. The Balaban J connectivity index is 2.16. The molecule has 0 saturated heterocycles. The smallest absolute Gasteiger partial charge is 0.265 e. The van der Waals surface area contributed by atoms with Crippen molar-refractivity contribution in [3.05, 3.63) is 40.8 Å². The molecule has 1 aliphatic heterocycles. The third-order valence-corrected chi connectivity index (χ3v) is 4.41. The number of rotatable bonds is 8. The van der Waals surface area contributed by atoms with E-state index in [2.05, 4.69) is 57.4 Å². The summed E-state index contributed by atoms with van der Waals surface area (Å²) in [5, 5.41) is 5.93. The predicted molar refractivity (Wildman–Crippen MR) is 109 cm³/mol. The second-order valence-corrected chi connectivity index (χ2v) is 6.51. The molecule has 6 nitrogen and oxygen atoms in total. The van der Waals surface area contributed by atoms with Gasteiger partial charge in [-0.05, 0) is 65.6 Å². The number of hydrogen-bond donors (Lipinski definition) is 2. The SMILES string of the molecule is C=N/C(=C(C)/N=C(\C)C(=O)NCCCNC)N1CCc2cc(C)ccc21. The second-order valence-electron chi connectivity index (χ2n) is 6.51. The molecule has 0 fully saturated rings. The number of carbonyl (C=O) groups excluding carboxylic acids is 1. The minimum Gasteiger partial charge on any atom is -0.351 e. The molecule has 0 saturated carbocycles. The molecule has 140 valence electrons.